The molecule has 0 radical (unpaired) electrons. The highest BCUT2D eigenvalue weighted by molar-refractivity contribution is 6.06. The van der Waals surface area contributed by atoms with E-state index in [1.54, 1.807) is 36.4 Å². The van der Waals surface area contributed by atoms with Gasteiger partial charge in [0.15, 0.2) is 0 Å². The Kier molecular flexibility index (Phi) is 5.92. The summed E-state index contributed by atoms with van der Waals surface area (Å²) in [6.07, 6.45) is -5.53. The second-order valence-corrected chi connectivity index (χ2v) is 8.22. The zero-order valence-corrected chi connectivity index (χ0v) is 18.0. The third-order valence-corrected chi connectivity index (χ3v) is 5.39. The minimum Gasteiger partial charge on any atom is -0.325 e. The third-order valence-electron chi connectivity index (χ3n) is 5.39. The van der Waals surface area contributed by atoms with E-state index >= 15 is 0 Å². The van der Waals surface area contributed by atoms with Gasteiger partial charge in [-0.15, -0.1) is 0 Å². The van der Waals surface area contributed by atoms with Crippen LogP contribution in [0, 0.1) is 11.3 Å². The summed E-state index contributed by atoms with van der Waals surface area (Å²) in [4.78, 5) is 27.5. The molecule has 1 heterocycles. The van der Waals surface area contributed by atoms with E-state index in [-0.39, 0.29) is 12.5 Å². The van der Waals surface area contributed by atoms with E-state index in [0.717, 1.165) is 0 Å². The van der Waals surface area contributed by atoms with Gasteiger partial charge >= 0.3 is 12.1 Å². The highest BCUT2D eigenvalue weighted by Crippen LogP contribution is 2.36. The van der Waals surface area contributed by atoms with Crippen LogP contribution in [0.3, 0.4) is 0 Å². The lowest BCUT2D eigenvalue weighted by Crippen LogP contribution is -2.55. The lowest BCUT2D eigenvalue weighted by Gasteiger charge is -2.43. The smallest absolute Gasteiger partial charge is 0.325 e. The van der Waals surface area contributed by atoms with Gasteiger partial charge in [0.25, 0.3) is 5.91 Å². The van der Waals surface area contributed by atoms with Gasteiger partial charge in [-0.2, -0.15) is 18.4 Å². The largest absolute Gasteiger partial charge is 0.471 e. The molecule has 0 bridgehead atoms. The number of carbonyl (C=O) groups excluding carboxylic acids is 2. The quantitative estimate of drug-likeness (QED) is 0.677. The number of amides is 2. The molecule has 3 rings (SSSR count). The fourth-order valence-corrected chi connectivity index (χ4v) is 3.81. The Morgan fingerprint density at radius 3 is 2.56 bits per heavy atom. The predicted molar refractivity (Wildman–Crippen MR) is 114 cm³/mol. The van der Waals surface area contributed by atoms with Gasteiger partial charge < -0.3 is 9.80 Å². The number of carbonyl (C=O) groups is 2. The second kappa shape index (κ2) is 8.65. The summed E-state index contributed by atoms with van der Waals surface area (Å²) in [7, 11) is 0. The summed E-state index contributed by atoms with van der Waals surface area (Å²) >= 11 is 0. The van der Waals surface area contributed by atoms with E-state index in [2.05, 4.69) is 0 Å². The van der Waals surface area contributed by atoms with Crippen LogP contribution in [0.5, 0.6) is 0 Å². The Labute approximate surface area is 186 Å². The molecule has 2 amide bonds. The monoisotopic (exact) mass is 445 g/mol. The SMILES string of the molecule is [3H]C1c2ccc(N(CCC)C(=O)c3cccc(C#N)c3)cc2CN(C(=O)C(F)(F)F)C1(C)C. The van der Waals surface area contributed by atoms with Gasteiger partial charge in [0.05, 0.1) is 11.6 Å². The van der Waals surface area contributed by atoms with Gasteiger partial charge in [0.2, 0.25) is 0 Å². The molecule has 0 saturated carbocycles. The van der Waals surface area contributed by atoms with Crippen molar-refractivity contribution in [3.8, 4) is 6.07 Å². The van der Waals surface area contributed by atoms with Crippen LogP contribution in [0.1, 0.15) is 55.6 Å². The molecule has 168 valence electrons. The van der Waals surface area contributed by atoms with Crippen molar-refractivity contribution >= 4 is 17.5 Å². The van der Waals surface area contributed by atoms with Crippen molar-refractivity contribution < 1.29 is 24.1 Å². The van der Waals surface area contributed by atoms with Crippen LogP contribution < -0.4 is 4.90 Å². The summed E-state index contributed by atoms with van der Waals surface area (Å²) in [5.41, 5.74) is 0.651. The number of hydrogen-bond donors (Lipinski definition) is 0. The molecule has 0 aliphatic carbocycles. The molecule has 1 unspecified atom stereocenters. The number of nitrogens with zero attached hydrogens (tertiary/aromatic N) is 3. The summed E-state index contributed by atoms with van der Waals surface area (Å²) in [6.45, 7) is 4.80. The average Bonchev–Trinajstić information content (AvgIpc) is 2.78. The standard InChI is InChI=1S/C24H24F3N3O2/c1-4-10-29(21(31)17-7-5-6-16(11-17)14-28)20-9-8-18-13-23(2,3)30(15-19(18)12-20)22(32)24(25,26)27/h5-9,11-12H,4,10,13,15H2,1-3H3/i13T. The van der Waals surface area contributed by atoms with Gasteiger partial charge in [-0.3, -0.25) is 9.59 Å². The first-order chi connectivity index (χ1) is 15.4. The Morgan fingerprint density at radius 2 is 1.94 bits per heavy atom. The fourth-order valence-electron chi connectivity index (χ4n) is 3.81. The summed E-state index contributed by atoms with van der Waals surface area (Å²) in [5, 5.41) is 9.12. The Balaban J connectivity index is 2.03. The topological polar surface area (TPSA) is 64.4 Å². The number of anilines is 1. The second-order valence-electron chi connectivity index (χ2n) is 8.22. The Bertz CT molecular complexity index is 1120. The molecule has 1 atom stereocenters. The molecule has 1 aliphatic rings. The van der Waals surface area contributed by atoms with Gasteiger partial charge in [-0.1, -0.05) is 19.1 Å². The van der Waals surface area contributed by atoms with Crippen molar-refractivity contribution in [1.29, 1.82) is 5.26 Å². The fraction of sp³-hybridized carbons (Fsp3) is 0.375. The van der Waals surface area contributed by atoms with E-state index < -0.39 is 24.0 Å². The Hall–Kier alpha value is -3.34. The molecule has 1 aliphatic heterocycles. The number of benzene rings is 2. The van der Waals surface area contributed by atoms with Crippen LogP contribution >= 0.6 is 0 Å². The highest BCUT2D eigenvalue weighted by atomic mass is 19.4. The molecule has 2 aromatic rings. The van der Waals surface area contributed by atoms with Crippen molar-refractivity contribution in [2.75, 3.05) is 11.4 Å². The molecule has 8 heteroatoms. The maximum Gasteiger partial charge on any atom is 0.471 e. The number of hydrogen-bond acceptors (Lipinski definition) is 3. The number of rotatable bonds is 4. The first-order valence-corrected chi connectivity index (χ1v) is 10.2. The number of halogens is 3. The zero-order chi connectivity index (χ0) is 24.6. The number of fused-ring (bicyclic) bond motifs is 1. The summed E-state index contributed by atoms with van der Waals surface area (Å²) < 4.78 is 48.2. The molecule has 0 fully saturated rings. The van der Waals surface area contributed by atoms with Crippen LogP contribution in [0.2, 0.25) is 0 Å². The van der Waals surface area contributed by atoms with E-state index in [1.807, 2.05) is 13.0 Å². The zero-order valence-electron chi connectivity index (χ0n) is 19.0. The molecule has 5 nitrogen and oxygen atoms in total. The van der Waals surface area contributed by atoms with Crippen LogP contribution in [0.4, 0.5) is 18.9 Å². The van der Waals surface area contributed by atoms with E-state index in [4.69, 9.17) is 6.63 Å². The Morgan fingerprint density at radius 1 is 1.22 bits per heavy atom. The summed E-state index contributed by atoms with van der Waals surface area (Å²) in [5.74, 6) is -2.34. The van der Waals surface area contributed by atoms with Crippen molar-refractivity contribution in [3.63, 3.8) is 0 Å². The average molecular weight is 445 g/mol. The van der Waals surface area contributed by atoms with Crippen LogP contribution in [0.25, 0.3) is 0 Å². The van der Waals surface area contributed by atoms with Gasteiger partial charge in [0.1, 0.15) is 0 Å². The van der Waals surface area contributed by atoms with Crippen LogP contribution in [-0.2, 0) is 17.7 Å². The van der Waals surface area contributed by atoms with Crippen LogP contribution in [-0.4, -0.2) is 35.0 Å². The van der Waals surface area contributed by atoms with Crippen molar-refractivity contribution in [2.24, 2.45) is 0 Å². The number of alkyl halides is 3. The third kappa shape index (κ3) is 4.62. The highest BCUT2D eigenvalue weighted by Gasteiger charge is 2.48. The van der Waals surface area contributed by atoms with Crippen molar-refractivity contribution in [3.05, 3.63) is 64.7 Å². The molecular formula is C24H24F3N3O2. The molecule has 32 heavy (non-hydrogen) atoms. The normalized spacial score (nSPS) is 17.7. The van der Waals surface area contributed by atoms with Crippen LogP contribution in [0.15, 0.2) is 42.5 Å². The summed E-state index contributed by atoms with van der Waals surface area (Å²) in [6, 6.07) is 13.1. The molecule has 0 saturated heterocycles. The van der Waals surface area contributed by atoms with Gasteiger partial charge in [-0.25, -0.2) is 0 Å². The molecule has 0 N–H and O–H groups in total. The maximum absolute atomic E-state index is 13.2. The molecule has 2 aromatic carbocycles. The first-order valence-electron chi connectivity index (χ1n) is 10.8. The van der Waals surface area contributed by atoms with E-state index in [1.165, 1.54) is 24.8 Å². The van der Waals surface area contributed by atoms with E-state index in [0.29, 0.717) is 45.8 Å². The van der Waals surface area contributed by atoms with Gasteiger partial charge in [-0.05, 0) is 68.1 Å². The minimum absolute atomic E-state index is 0.314. The lowest BCUT2D eigenvalue weighted by atomic mass is 9.85. The number of nitriles is 1. The molecular weight excluding hydrogens is 419 g/mol. The predicted octanol–water partition coefficient (Wildman–Crippen LogP) is 4.84. The van der Waals surface area contributed by atoms with Crippen molar-refractivity contribution in [1.82, 2.24) is 4.90 Å². The molecule has 0 spiro atoms. The first kappa shape index (κ1) is 21.9. The molecule has 0 aromatic heterocycles. The van der Waals surface area contributed by atoms with Crippen molar-refractivity contribution in [2.45, 2.75) is 51.8 Å². The lowest BCUT2D eigenvalue weighted by molar-refractivity contribution is -0.192. The minimum atomic E-state index is -5.05. The maximum atomic E-state index is 13.2. The van der Waals surface area contributed by atoms with Gasteiger partial charge in [0, 0.05) is 31.3 Å². The van der Waals surface area contributed by atoms with E-state index in [9.17, 15) is 22.8 Å².